The number of hydrogen-bond donors (Lipinski definition) is 3. The Hall–Kier alpha value is -2.15. The van der Waals surface area contributed by atoms with E-state index in [9.17, 15) is 15.0 Å². The summed E-state index contributed by atoms with van der Waals surface area (Å²) in [6.07, 6.45) is 0.602. The Kier molecular flexibility index (Phi) is 7.34. The minimum atomic E-state index is -1.82. The summed E-state index contributed by atoms with van der Waals surface area (Å²) in [7, 11) is 0. The Morgan fingerprint density at radius 1 is 1.17 bits per heavy atom. The van der Waals surface area contributed by atoms with Crippen LogP contribution in [0.2, 0.25) is 10.0 Å². The SMILES string of the molecule is N#Cc1cc(Cl)cc(Oc2cc(Cl)cc(OCC(=O)NCC3CCSC3(O)O)c2)c1. The third-order valence-electron chi connectivity index (χ3n) is 4.31. The maximum Gasteiger partial charge on any atom is 0.257 e. The third-order valence-corrected chi connectivity index (χ3v) is 5.94. The van der Waals surface area contributed by atoms with E-state index >= 15 is 0 Å². The molecule has 1 atom stereocenters. The number of hydrogen-bond acceptors (Lipinski definition) is 7. The van der Waals surface area contributed by atoms with E-state index in [0.29, 0.717) is 45.0 Å². The number of nitrogens with zero attached hydrogens (tertiary/aromatic N) is 1. The fourth-order valence-corrected chi connectivity index (χ4v) is 4.41. The van der Waals surface area contributed by atoms with E-state index in [1.54, 1.807) is 18.2 Å². The van der Waals surface area contributed by atoms with E-state index < -0.39 is 16.9 Å². The van der Waals surface area contributed by atoms with Crippen molar-refractivity contribution in [3.63, 3.8) is 0 Å². The molecule has 0 bridgehead atoms. The van der Waals surface area contributed by atoms with Gasteiger partial charge in [-0.2, -0.15) is 5.26 Å². The highest BCUT2D eigenvalue weighted by molar-refractivity contribution is 8.00. The van der Waals surface area contributed by atoms with Crippen molar-refractivity contribution in [3.8, 4) is 23.3 Å². The first kappa shape index (κ1) is 22.5. The molecule has 30 heavy (non-hydrogen) atoms. The maximum absolute atomic E-state index is 12.0. The third kappa shape index (κ3) is 6.17. The standard InChI is InChI=1S/C20H18Cl2N2O5S/c21-14-3-12(9-23)4-17(6-14)29-18-7-15(22)5-16(8-18)28-11-19(25)24-10-13-1-2-30-20(13,26)27/h3-8,13,26-27H,1-2,10-11H2,(H,24,25). The summed E-state index contributed by atoms with van der Waals surface area (Å²) in [6, 6.07) is 11.2. The summed E-state index contributed by atoms with van der Waals surface area (Å²) in [6.45, 7) is -0.138. The van der Waals surface area contributed by atoms with Gasteiger partial charge in [0.15, 0.2) is 6.61 Å². The van der Waals surface area contributed by atoms with E-state index in [0.717, 1.165) is 11.8 Å². The number of thioether (sulfide) groups is 1. The Bertz CT molecular complexity index is 980. The first-order chi connectivity index (χ1) is 14.2. The molecule has 2 aromatic rings. The predicted octanol–water partition coefficient (Wildman–Crippen LogP) is 3.54. The highest BCUT2D eigenvalue weighted by Crippen LogP contribution is 2.38. The van der Waals surface area contributed by atoms with E-state index in [1.165, 1.54) is 18.2 Å². The van der Waals surface area contributed by atoms with Crippen molar-refractivity contribution >= 4 is 40.9 Å². The van der Waals surface area contributed by atoms with E-state index in [-0.39, 0.29) is 13.2 Å². The molecule has 0 radical (unpaired) electrons. The molecular formula is C20H18Cl2N2O5S. The van der Waals surface area contributed by atoms with Crippen molar-refractivity contribution < 1.29 is 24.5 Å². The van der Waals surface area contributed by atoms with E-state index in [2.05, 4.69) is 5.32 Å². The molecule has 1 aliphatic heterocycles. The normalized spacial score (nSPS) is 17.2. The van der Waals surface area contributed by atoms with Crippen molar-refractivity contribution in [1.82, 2.24) is 5.32 Å². The van der Waals surface area contributed by atoms with Gasteiger partial charge < -0.3 is 25.0 Å². The lowest BCUT2D eigenvalue weighted by atomic mass is 10.1. The van der Waals surface area contributed by atoms with Gasteiger partial charge in [0, 0.05) is 28.6 Å². The highest BCUT2D eigenvalue weighted by Gasteiger charge is 2.40. The summed E-state index contributed by atoms with van der Waals surface area (Å²) in [5.41, 5.74) is 0.350. The topological polar surface area (TPSA) is 112 Å². The minimum absolute atomic E-state index is 0.141. The quantitative estimate of drug-likeness (QED) is 0.532. The van der Waals surface area contributed by atoms with Crippen LogP contribution in [0.4, 0.5) is 0 Å². The zero-order valence-corrected chi connectivity index (χ0v) is 17.9. The number of halogens is 2. The molecule has 1 amide bonds. The van der Waals surface area contributed by atoms with Crippen molar-refractivity contribution in [2.45, 2.75) is 11.5 Å². The molecular weight excluding hydrogens is 451 g/mol. The Morgan fingerprint density at radius 2 is 1.83 bits per heavy atom. The molecule has 3 rings (SSSR count). The Labute approximate surface area is 187 Å². The van der Waals surface area contributed by atoms with Crippen LogP contribution in [0.5, 0.6) is 17.2 Å². The molecule has 7 nitrogen and oxygen atoms in total. The molecule has 1 heterocycles. The van der Waals surface area contributed by atoms with Crippen molar-refractivity contribution in [2.24, 2.45) is 5.92 Å². The average molecular weight is 469 g/mol. The summed E-state index contributed by atoms with van der Waals surface area (Å²) in [5, 5.41) is 30.1. The first-order valence-corrected chi connectivity index (χ1v) is 10.7. The largest absolute Gasteiger partial charge is 0.484 e. The van der Waals surface area contributed by atoms with Crippen molar-refractivity contribution in [1.29, 1.82) is 5.26 Å². The van der Waals surface area contributed by atoms with E-state index in [1.807, 2.05) is 6.07 Å². The van der Waals surface area contributed by atoms with Crippen LogP contribution in [-0.2, 0) is 4.79 Å². The molecule has 3 N–H and O–H groups in total. The summed E-state index contributed by atoms with van der Waals surface area (Å²) in [5.74, 6) is 0.795. The molecule has 1 fully saturated rings. The number of carbonyl (C=O) groups excluding carboxylic acids is 1. The van der Waals surface area contributed by atoms with Crippen LogP contribution < -0.4 is 14.8 Å². The maximum atomic E-state index is 12.0. The van der Waals surface area contributed by atoms with Gasteiger partial charge in [0.1, 0.15) is 17.2 Å². The van der Waals surface area contributed by atoms with Crippen LogP contribution in [0, 0.1) is 17.2 Å². The second-order valence-corrected chi connectivity index (χ2v) is 8.77. The monoisotopic (exact) mass is 468 g/mol. The zero-order valence-electron chi connectivity index (χ0n) is 15.6. The Balaban J connectivity index is 1.58. The van der Waals surface area contributed by atoms with Gasteiger partial charge in [-0.1, -0.05) is 35.0 Å². The second kappa shape index (κ2) is 9.77. The summed E-state index contributed by atoms with van der Waals surface area (Å²) >= 11 is 13.1. The van der Waals surface area contributed by atoms with Crippen LogP contribution in [0.3, 0.4) is 0 Å². The molecule has 2 aromatic carbocycles. The summed E-state index contributed by atoms with van der Waals surface area (Å²) < 4.78 is 11.2. The lowest BCUT2D eigenvalue weighted by Crippen LogP contribution is -2.40. The van der Waals surface area contributed by atoms with Gasteiger partial charge in [-0.05, 0) is 42.5 Å². The van der Waals surface area contributed by atoms with Gasteiger partial charge in [0.2, 0.25) is 5.12 Å². The Morgan fingerprint density at radius 3 is 2.50 bits per heavy atom. The molecule has 158 valence electrons. The van der Waals surface area contributed by atoms with Crippen molar-refractivity contribution in [2.75, 3.05) is 18.9 Å². The molecule has 1 aliphatic rings. The lowest BCUT2D eigenvalue weighted by molar-refractivity contribution is -0.127. The predicted molar refractivity (Wildman–Crippen MR) is 114 cm³/mol. The van der Waals surface area contributed by atoms with Gasteiger partial charge in [0.25, 0.3) is 5.91 Å². The van der Waals surface area contributed by atoms with Gasteiger partial charge >= 0.3 is 0 Å². The molecule has 0 aromatic heterocycles. The van der Waals surface area contributed by atoms with E-state index in [4.69, 9.17) is 37.9 Å². The van der Waals surface area contributed by atoms with Gasteiger partial charge in [-0.15, -0.1) is 0 Å². The molecule has 1 saturated heterocycles. The van der Waals surface area contributed by atoms with Crippen LogP contribution in [0.25, 0.3) is 0 Å². The van der Waals surface area contributed by atoms with Crippen LogP contribution in [-0.4, -0.2) is 40.1 Å². The number of nitrogens with one attached hydrogen (secondary N) is 1. The highest BCUT2D eigenvalue weighted by atomic mass is 35.5. The molecule has 0 aliphatic carbocycles. The zero-order chi connectivity index (χ0) is 21.7. The molecule has 0 saturated carbocycles. The molecule has 0 spiro atoms. The number of ether oxygens (including phenoxy) is 2. The second-order valence-electron chi connectivity index (χ2n) is 6.60. The minimum Gasteiger partial charge on any atom is -0.484 e. The van der Waals surface area contributed by atoms with Gasteiger partial charge in [0.05, 0.1) is 11.6 Å². The molecule has 10 heteroatoms. The number of nitriles is 1. The number of benzene rings is 2. The fraction of sp³-hybridized carbons (Fsp3) is 0.300. The smallest absolute Gasteiger partial charge is 0.257 e. The number of aliphatic hydroxyl groups is 2. The fourth-order valence-electron chi connectivity index (χ4n) is 2.83. The summed E-state index contributed by atoms with van der Waals surface area (Å²) in [4.78, 5) is 12.0. The van der Waals surface area contributed by atoms with Crippen molar-refractivity contribution in [3.05, 3.63) is 52.0 Å². The number of amides is 1. The molecule has 1 unspecified atom stereocenters. The van der Waals surface area contributed by atoms with Gasteiger partial charge in [-0.3, -0.25) is 4.79 Å². The average Bonchev–Trinajstić information content (AvgIpc) is 3.01. The lowest BCUT2D eigenvalue weighted by Gasteiger charge is -2.22. The van der Waals surface area contributed by atoms with Crippen LogP contribution >= 0.6 is 35.0 Å². The number of rotatable bonds is 7. The first-order valence-electron chi connectivity index (χ1n) is 8.92. The van der Waals surface area contributed by atoms with Gasteiger partial charge in [-0.25, -0.2) is 0 Å². The van der Waals surface area contributed by atoms with Crippen LogP contribution in [0.15, 0.2) is 36.4 Å². The number of carbonyl (C=O) groups is 1. The van der Waals surface area contributed by atoms with Crippen LogP contribution in [0.1, 0.15) is 12.0 Å².